The highest BCUT2D eigenvalue weighted by Crippen LogP contribution is 2.26. The van der Waals surface area contributed by atoms with Crippen LogP contribution >= 0.6 is 0 Å². The number of carbonyl (C=O) groups is 1. The van der Waals surface area contributed by atoms with Crippen molar-refractivity contribution < 1.29 is 9.90 Å². The van der Waals surface area contributed by atoms with Crippen LogP contribution in [0.3, 0.4) is 0 Å². The third-order valence-corrected chi connectivity index (χ3v) is 5.03. The van der Waals surface area contributed by atoms with Gasteiger partial charge in [-0.3, -0.25) is 4.79 Å². The summed E-state index contributed by atoms with van der Waals surface area (Å²) in [5, 5.41) is 13.5. The number of rotatable bonds is 6. The molecule has 1 fully saturated rings. The second kappa shape index (κ2) is 7.25. The number of benzene rings is 1. The molecular formula is C18H26N2O2. The van der Waals surface area contributed by atoms with Crippen molar-refractivity contribution in [3.05, 3.63) is 34.9 Å². The third kappa shape index (κ3) is 3.50. The Kier molecular flexibility index (Phi) is 5.11. The molecule has 0 spiro atoms. The predicted octanol–water partition coefficient (Wildman–Crippen LogP) is 1.81. The molecule has 1 amide bonds. The van der Waals surface area contributed by atoms with Gasteiger partial charge in [0, 0.05) is 6.54 Å². The summed E-state index contributed by atoms with van der Waals surface area (Å²) in [6, 6.07) is 6.08. The standard InChI is InChI=1S/C18H26N2O2/c21-13-19-17(12-20-9-3-4-10-20)18(22)16-8-7-14-5-1-2-6-15(14)11-16/h7-8,11,13,17-18,22H,1-6,9-10,12H2,(H,19,21)/t17-,18?/m1/s1. The molecule has 1 unspecified atom stereocenters. The van der Waals surface area contributed by atoms with Gasteiger partial charge >= 0.3 is 0 Å². The Morgan fingerprint density at radius 3 is 2.59 bits per heavy atom. The van der Waals surface area contributed by atoms with Crippen LogP contribution in [0.25, 0.3) is 0 Å². The average molecular weight is 302 g/mol. The number of aliphatic hydroxyl groups excluding tert-OH is 1. The molecule has 1 aromatic carbocycles. The Labute approximate surface area is 132 Å². The van der Waals surface area contributed by atoms with Crippen molar-refractivity contribution in [2.75, 3.05) is 19.6 Å². The molecule has 2 atom stereocenters. The van der Waals surface area contributed by atoms with Crippen LogP contribution < -0.4 is 5.32 Å². The molecule has 2 N–H and O–H groups in total. The van der Waals surface area contributed by atoms with Crippen LogP contribution in [0.4, 0.5) is 0 Å². The molecule has 1 aromatic rings. The third-order valence-electron chi connectivity index (χ3n) is 5.03. The molecule has 3 rings (SSSR count). The quantitative estimate of drug-likeness (QED) is 0.788. The number of hydrogen-bond acceptors (Lipinski definition) is 3. The van der Waals surface area contributed by atoms with Gasteiger partial charge in [0.05, 0.1) is 6.04 Å². The summed E-state index contributed by atoms with van der Waals surface area (Å²) in [4.78, 5) is 13.2. The van der Waals surface area contributed by atoms with E-state index in [0.717, 1.165) is 38.0 Å². The molecule has 1 heterocycles. The molecule has 0 saturated carbocycles. The fourth-order valence-electron chi connectivity index (χ4n) is 3.74. The Hall–Kier alpha value is -1.39. The molecule has 4 nitrogen and oxygen atoms in total. The monoisotopic (exact) mass is 302 g/mol. The average Bonchev–Trinajstić information content (AvgIpc) is 3.06. The summed E-state index contributed by atoms with van der Waals surface area (Å²) < 4.78 is 0. The first kappa shape index (κ1) is 15.5. The summed E-state index contributed by atoms with van der Waals surface area (Å²) in [6.45, 7) is 2.85. The van der Waals surface area contributed by atoms with Gasteiger partial charge in [-0.05, 0) is 68.3 Å². The van der Waals surface area contributed by atoms with E-state index in [1.54, 1.807) is 0 Å². The molecule has 1 aliphatic heterocycles. The van der Waals surface area contributed by atoms with E-state index in [1.165, 1.54) is 36.8 Å². The molecule has 1 aliphatic carbocycles. The highest BCUT2D eigenvalue weighted by molar-refractivity contribution is 5.47. The molecule has 4 heteroatoms. The van der Waals surface area contributed by atoms with E-state index in [0.29, 0.717) is 6.41 Å². The van der Waals surface area contributed by atoms with E-state index in [9.17, 15) is 9.90 Å². The number of likely N-dealkylation sites (tertiary alicyclic amines) is 1. The van der Waals surface area contributed by atoms with Gasteiger partial charge in [0.2, 0.25) is 6.41 Å². The minimum atomic E-state index is -0.641. The summed E-state index contributed by atoms with van der Waals surface area (Å²) in [6.07, 6.45) is 7.24. The minimum Gasteiger partial charge on any atom is -0.386 e. The number of carbonyl (C=O) groups excluding carboxylic acids is 1. The van der Waals surface area contributed by atoms with Crippen molar-refractivity contribution in [2.45, 2.75) is 50.7 Å². The Bertz CT molecular complexity index is 512. The number of aryl methyl sites for hydroxylation is 2. The number of fused-ring (bicyclic) bond motifs is 1. The largest absolute Gasteiger partial charge is 0.386 e. The highest BCUT2D eigenvalue weighted by atomic mass is 16.3. The summed E-state index contributed by atoms with van der Waals surface area (Å²) >= 11 is 0. The number of hydrogen-bond donors (Lipinski definition) is 2. The van der Waals surface area contributed by atoms with Gasteiger partial charge in [-0.1, -0.05) is 18.2 Å². The van der Waals surface area contributed by atoms with E-state index < -0.39 is 6.10 Å². The van der Waals surface area contributed by atoms with Gasteiger partial charge in [-0.15, -0.1) is 0 Å². The number of nitrogens with one attached hydrogen (secondary N) is 1. The minimum absolute atomic E-state index is 0.239. The normalized spacial score (nSPS) is 21.1. The maximum Gasteiger partial charge on any atom is 0.207 e. The van der Waals surface area contributed by atoms with Crippen LogP contribution in [-0.2, 0) is 17.6 Å². The first-order chi connectivity index (χ1) is 10.8. The van der Waals surface area contributed by atoms with Gasteiger partial charge in [-0.2, -0.15) is 0 Å². The molecule has 1 saturated heterocycles. The lowest BCUT2D eigenvalue weighted by Gasteiger charge is -2.28. The molecule has 0 bridgehead atoms. The van der Waals surface area contributed by atoms with E-state index in [4.69, 9.17) is 0 Å². The summed E-state index contributed by atoms with van der Waals surface area (Å²) in [7, 11) is 0. The first-order valence-corrected chi connectivity index (χ1v) is 8.50. The topological polar surface area (TPSA) is 52.6 Å². The van der Waals surface area contributed by atoms with Gasteiger partial charge in [0.15, 0.2) is 0 Å². The van der Waals surface area contributed by atoms with Crippen LogP contribution in [0.1, 0.15) is 48.5 Å². The van der Waals surface area contributed by atoms with Crippen molar-refractivity contribution in [2.24, 2.45) is 0 Å². The van der Waals surface area contributed by atoms with Crippen LogP contribution in [0.2, 0.25) is 0 Å². The lowest BCUT2D eigenvalue weighted by Crippen LogP contribution is -2.43. The van der Waals surface area contributed by atoms with Gasteiger partial charge in [-0.25, -0.2) is 0 Å². The lowest BCUT2D eigenvalue weighted by atomic mass is 9.88. The zero-order valence-electron chi connectivity index (χ0n) is 13.1. The molecule has 2 aliphatic rings. The van der Waals surface area contributed by atoms with Crippen molar-refractivity contribution in [1.29, 1.82) is 0 Å². The van der Waals surface area contributed by atoms with Crippen molar-refractivity contribution in [3.8, 4) is 0 Å². The van der Waals surface area contributed by atoms with Crippen molar-refractivity contribution >= 4 is 6.41 Å². The van der Waals surface area contributed by atoms with Gasteiger partial charge < -0.3 is 15.3 Å². The fraction of sp³-hybridized carbons (Fsp3) is 0.611. The molecular weight excluding hydrogens is 276 g/mol. The smallest absolute Gasteiger partial charge is 0.207 e. The van der Waals surface area contributed by atoms with E-state index in [-0.39, 0.29) is 6.04 Å². The highest BCUT2D eigenvalue weighted by Gasteiger charge is 2.25. The van der Waals surface area contributed by atoms with Crippen LogP contribution in [0, 0.1) is 0 Å². The second-order valence-electron chi connectivity index (χ2n) is 6.58. The van der Waals surface area contributed by atoms with E-state index >= 15 is 0 Å². The lowest BCUT2D eigenvalue weighted by molar-refractivity contribution is -0.111. The fourth-order valence-corrected chi connectivity index (χ4v) is 3.74. The van der Waals surface area contributed by atoms with Crippen LogP contribution in [-0.4, -0.2) is 42.1 Å². The zero-order chi connectivity index (χ0) is 15.4. The summed E-state index contributed by atoms with van der Waals surface area (Å²) in [5.74, 6) is 0. The SMILES string of the molecule is O=CN[C@H](CN1CCCC1)C(O)c1ccc2c(c1)CCCC2. The van der Waals surface area contributed by atoms with Crippen LogP contribution in [0.15, 0.2) is 18.2 Å². The van der Waals surface area contributed by atoms with E-state index in [2.05, 4.69) is 22.3 Å². The number of aliphatic hydroxyl groups is 1. The van der Waals surface area contributed by atoms with Gasteiger partial charge in [0.1, 0.15) is 6.10 Å². The molecule has 0 radical (unpaired) electrons. The number of nitrogens with zero attached hydrogens (tertiary/aromatic N) is 1. The predicted molar refractivity (Wildman–Crippen MR) is 86.7 cm³/mol. The maximum absolute atomic E-state index is 10.9. The Balaban J connectivity index is 1.73. The van der Waals surface area contributed by atoms with Crippen LogP contribution in [0.5, 0.6) is 0 Å². The first-order valence-electron chi connectivity index (χ1n) is 8.50. The summed E-state index contributed by atoms with van der Waals surface area (Å²) in [5.41, 5.74) is 3.72. The van der Waals surface area contributed by atoms with E-state index in [1.807, 2.05) is 6.07 Å². The Morgan fingerprint density at radius 1 is 1.14 bits per heavy atom. The van der Waals surface area contributed by atoms with Crippen molar-refractivity contribution in [1.82, 2.24) is 10.2 Å². The van der Waals surface area contributed by atoms with Gasteiger partial charge in [0.25, 0.3) is 0 Å². The van der Waals surface area contributed by atoms with Crippen molar-refractivity contribution in [3.63, 3.8) is 0 Å². The zero-order valence-corrected chi connectivity index (χ0v) is 13.1. The molecule has 120 valence electrons. The second-order valence-corrected chi connectivity index (χ2v) is 6.58. The molecule has 0 aromatic heterocycles. The Morgan fingerprint density at radius 2 is 1.86 bits per heavy atom. The number of amides is 1. The molecule has 22 heavy (non-hydrogen) atoms. The maximum atomic E-state index is 10.9.